The van der Waals surface area contributed by atoms with Crippen molar-refractivity contribution in [2.75, 3.05) is 0 Å². The van der Waals surface area contributed by atoms with Crippen molar-refractivity contribution in [2.45, 2.75) is 6.61 Å². The van der Waals surface area contributed by atoms with Gasteiger partial charge in [0.1, 0.15) is 12.4 Å². The topological polar surface area (TPSA) is 80.8 Å². The summed E-state index contributed by atoms with van der Waals surface area (Å²) in [5.74, 6) is 1.04. The standard InChI is InChI=1S/C15H10N4O2/c20-14-11-4-2-1-3-10(11)8-21-13-6-5-9(7-12(13)14)15-16-18-19-17-15/h1-7H,8H2,(H,16,17,18,19). The molecule has 0 unspecified atom stereocenters. The molecule has 0 bridgehead atoms. The van der Waals surface area contributed by atoms with Crippen LogP contribution in [0, 0.1) is 0 Å². The zero-order chi connectivity index (χ0) is 14.2. The molecule has 2 heterocycles. The lowest BCUT2D eigenvalue weighted by molar-refractivity contribution is 0.103. The van der Waals surface area contributed by atoms with E-state index in [0.29, 0.717) is 29.3 Å². The highest BCUT2D eigenvalue weighted by Crippen LogP contribution is 2.31. The van der Waals surface area contributed by atoms with Crippen LogP contribution in [0.1, 0.15) is 21.5 Å². The van der Waals surface area contributed by atoms with Crippen molar-refractivity contribution in [3.8, 4) is 17.1 Å². The van der Waals surface area contributed by atoms with Crippen molar-refractivity contribution >= 4 is 5.78 Å². The normalized spacial score (nSPS) is 13.0. The largest absolute Gasteiger partial charge is 0.488 e. The number of carbonyl (C=O) groups is 1. The first-order chi connectivity index (χ1) is 10.3. The van der Waals surface area contributed by atoms with E-state index in [9.17, 15) is 4.79 Å². The first-order valence-electron chi connectivity index (χ1n) is 6.46. The highest BCUT2D eigenvalue weighted by Gasteiger charge is 2.22. The van der Waals surface area contributed by atoms with Gasteiger partial charge in [0.15, 0.2) is 11.6 Å². The van der Waals surface area contributed by atoms with E-state index in [1.807, 2.05) is 30.3 Å². The fourth-order valence-corrected chi connectivity index (χ4v) is 2.43. The van der Waals surface area contributed by atoms with E-state index < -0.39 is 0 Å². The molecule has 1 aliphatic heterocycles. The summed E-state index contributed by atoms with van der Waals surface area (Å²) in [5.41, 5.74) is 2.83. The smallest absolute Gasteiger partial charge is 0.197 e. The van der Waals surface area contributed by atoms with Gasteiger partial charge in [-0.2, -0.15) is 0 Å². The Bertz CT molecular complexity index is 827. The monoisotopic (exact) mass is 278 g/mol. The van der Waals surface area contributed by atoms with E-state index in [2.05, 4.69) is 20.6 Å². The Morgan fingerprint density at radius 1 is 1.10 bits per heavy atom. The zero-order valence-electron chi connectivity index (χ0n) is 10.9. The second kappa shape index (κ2) is 4.52. The number of ether oxygens (including phenoxy) is 1. The van der Waals surface area contributed by atoms with Crippen molar-refractivity contribution in [2.24, 2.45) is 0 Å². The molecule has 2 aromatic carbocycles. The number of fused-ring (bicyclic) bond motifs is 2. The van der Waals surface area contributed by atoms with Crippen LogP contribution >= 0.6 is 0 Å². The number of hydrogen-bond acceptors (Lipinski definition) is 5. The molecule has 1 aromatic heterocycles. The number of benzene rings is 2. The predicted molar refractivity (Wildman–Crippen MR) is 73.8 cm³/mol. The number of nitrogens with one attached hydrogen (secondary N) is 1. The van der Waals surface area contributed by atoms with Crippen LogP contribution in [-0.2, 0) is 6.61 Å². The third-order valence-corrected chi connectivity index (χ3v) is 3.49. The van der Waals surface area contributed by atoms with Crippen LogP contribution in [0.15, 0.2) is 42.5 Å². The number of nitrogens with zero attached hydrogens (tertiary/aromatic N) is 3. The maximum Gasteiger partial charge on any atom is 0.197 e. The fraction of sp³-hybridized carbons (Fsp3) is 0.0667. The number of aromatic amines is 1. The molecule has 0 saturated heterocycles. The van der Waals surface area contributed by atoms with Gasteiger partial charge in [0, 0.05) is 16.7 Å². The minimum absolute atomic E-state index is 0.0487. The summed E-state index contributed by atoms with van der Waals surface area (Å²) in [6, 6.07) is 12.8. The fourth-order valence-electron chi connectivity index (χ4n) is 2.43. The number of ketones is 1. The molecule has 0 saturated carbocycles. The quantitative estimate of drug-likeness (QED) is 0.736. The molecular weight excluding hydrogens is 268 g/mol. The molecule has 0 fully saturated rings. The number of rotatable bonds is 1. The molecule has 1 aliphatic rings. The third kappa shape index (κ3) is 1.88. The Morgan fingerprint density at radius 3 is 2.86 bits per heavy atom. The molecule has 21 heavy (non-hydrogen) atoms. The third-order valence-electron chi connectivity index (χ3n) is 3.49. The van der Waals surface area contributed by atoms with Gasteiger partial charge in [0.25, 0.3) is 0 Å². The lowest BCUT2D eigenvalue weighted by Gasteiger charge is -2.06. The number of hydrogen-bond donors (Lipinski definition) is 1. The highest BCUT2D eigenvalue weighted by molar-refractivity contribution is 6.12. The zero-order valence-corrected chi connectivity index (χ0v) is 10.9. The second-order valence-corrected chi connectivity index (χ2v) is 4.74. The average molecular weight is 278 g/mol. The molecule has 4 rings (SSSR count). The summed E-state index contributed by atoms with van der Waals surface area (Å²) < 4.78 is 5.73. The molecule has 102 valence electrons. The Morgan fingerprint density at radius 2 is 2.00 bits per heavy atom. The van der Waals surface area contributed by atoms with Gasteiger partial charge in [-0.05, 0) is 28.6 Å². The van der Waals surface area contributed by atoms with E-state index in [1.54, 1.807) is 12.1 Å². The van der Waals surface area contributed by atoms with Gasteiger partial charge in [0.2, 0.25) is 0 Å². The summed E-state index contributed by atoms with van der Waals surface area (Å²) in [4.78, 5) is 12.7. The number of aromatic nitrogens is 4. The minimum Gasteiger partial charge on any atom is -0.488 e. The molecule has 0 spiro atoms. The summed E-state index contributed by atoms with van der Waals surface area (Å²) in [6.45, 7) is 0.387. The van der Waals surface area contributed by atoms with Gasteiger partial charge in [-0.3, -0.25) is 4.79 Å². The van der Waals surface area contributed by atoms with Gasteiger partial charge >= 0.3 is 0 Å². The summed E-state index contributed by atoms with van der Waals surface area (Å²) in [5, 5.41) is 13.6. The van der Waals surface area contributed by atoms with Gasteiger partial charge in [-0.1, -0.05) is 24.3 Å². The summed E-state index contributed by atoms with van der Waals surface area (Å²) in [7, 11) is 0. The lowest BCUT2D eigenvalue weighted by Crippen LogP contribution is -2.02. The van der Waals surface area contributed by atoms with Crippen molar-refractivity contribution in [3.63, 3.8) is 0 Å². The Balaban J connectivity index is 1.87. The highest BCUT2D eigenvalue weighted by atomic mass is 16.5. The van der Waals surface area contributed by atoms with Gasteiger partial charge < -0.3 is 4.74 Å². The molecule has 0 atom stereocenters. The molecule has 6 nitrogen and oxygen atoms in total. The number of H-pyrrole nitrogens is 1. The minimum atomic E-state index is -0.0487. The molecule has 0 radical (unpaired) electrons. The van der Waals surface area contributed by atoms with Crippen LogP contribution in [0.3, 0.4) is 0 Å². The average Bonchev–Trinajstić information content (AvgIpc) is 3.02. The molecule has 1 N–H and O–H groups in total. The number of carbonyl (C=O) groups excluding carboxylic acids is 1. The van der Waals surface area contributed by atoms with Gasteiger partial charge in [0.05, 0.1) is 5.56 Å². The Labute approximate surface area is 119 Å². The molecule has 6 heteroatoms. The summed E-state index contributed by atoms with van der Waals surface area (Å²) in [6.07, 6.45) is 0. The molecule has 3 aromatic rings. The lowest BCUT2D eigenvalue weighted by atomic mass is 9.98. The van der Waals surface area contributed by atoms with E-state index in [4.69, 9.17) is 4.74 Å². The van der Waals surface area contributed by atoms with Crippen LogP contribution in [0.25, 0.3) is 11.4 Å². The molecular formula is C15H10N4O2. The predicted octanol–water partition coefficient (Wildman–Crippen LogP) is 1.99. The van der Waals surface area contributed by atoms with Crippen molar-refractivity contribution in [3.05, 3.63) is 59.2 Å². The van der Waals surface area contributed by atoms with Crippen LogP contribution in [0.2, 0.25) is 0 Å². The molecule has 0 aliphatic carbocycles. The second-order valence-electron chi connectivity index (χ2n) is 4.74. The maximum absolute atomic E-state index is 12.7. The molecule has 0 amide bonds. The van der Waals surface area contributed by atoms with Crippen LogP contribution in [-0.4, -0.2) is 26.4 Å². The van der Waals surface area contributed by atoms with Crippen molar-refractivity contribution < 1.29 is 9.53 Å². The van der Waals surface area contributed by atoms with E-state index in [1.165, 1.54) is 0 Å². The van der Waals surface area contributed by atoms with Crippen molar-refractivity contribution in [1.29, 1.82) is 0 Å². The first kappa shape index (κ1) is 11.8. The Hall–Kier alpha value is -3.02. The van der Waals surface area contributed by atoms with Crippen molar-refractivity contribution in [1.82, 2.24) is 20.6 Å². The van der Waals surface area contributed by atoms with Gasteiger partial charge in [-0.15, -0.1) is 5.10 Å². The maximum atomic E-state index is 12.7. The van der Waals surface area contributed by atoms with Crippen LogP contribution in [0.5, 0.6) is 5.75 Å². The first-order valence-corrected chi connectivity index (χ1v) is 6.46. The van der Waals surface area contributed by atoms with E-state index >= 15 is 0 Å². The summed E-state index contributed by atoms with van der Waals surface area (Å²) >= 11 is 0. The SMILES string of the molecule is O=C1c2ccccc2COc2ccc(-c3nnn[nH]3)cc21. The number of tetrazole rings is 1. The van der Waals surface area contributed by atoms with E-state index in [0.717, 1.165) is 11.1 Å². The van der Waals surface area contributed by atoms with Crippen LogP contribution in [0.4, 0.5) is 0 Å². The van der Waals surface area contributed by atoms with Crippen LogP contribution < -0.4 is 4.74 Å². The Kier molecular flexibility index (Phi) is 2.53. The van der Waals surface area contributed by atoms with E-state index in [-0.39, 0.29) is 5.78 Å². The van der Waals surface area contributed by atoms with Gasteiger partial charge in [-0.25, -0.2) is 5.10 Å².